The van der Waals surface area contributed by atoms with E-state index in [1.165, 1.54) is 19.3 Å². The molecule has 0 aromatic rings. The van der Waals surface area contributed by atoms with Crippen LogP contribution in [0.15, 0.2) is 0 Å². The Morgan fingerprint density at radius 3 is 2.00 bits per heavy atom. The molecule has 0 spiro atoms. The Labute approximate surface area is 128 Å². The Kier molecular flexibility index (Phi) is 11.9. The Morgan fingerprint density at radius 2 is 1.76 bits per heavy atom. The van der Waals surface area contributed by atoms with Crippen LogP contribution in [0.5, 0.6) is 0 Å². The molecule has 0 heterocycles. The first-order valence-electron chi connectivity index (χ1n) is 7.56. The van der Waals surface area contributed by atoms with E-state index in [0.29, 0.717) is 0 Å². The zero-order chi connectivity index (χ0) is 17.1. The van der Waals surface area contributed by atoms with Gasteiger partial charge in [-0.1, -0.05) is 40.0 Å². The van der Waals surface area contributed by atoms with E-state index < -0.39 is 23.7 Å². The average Bonchev–Trinajstić information content (AvgIpc) is 2.34. The summed E-state index contributed by atoms with van der Waals surface area (Å²) in [6.07, 6.45) is 2.38. The highest BCUT2D eigenvalue weighted by atomic mass is 16.6. The SMILES string of the molecule is CC.CC(C)(C)OC(=O)NCC(O)C(N)=O.CC1CCC1. The second kappa shape index (κ2) is 11.4. The normalized spacial score (nSPS) is 15.2. The molecule has 6 nitrogen and oxygen atoms in total. The van der Waals surface area contributed by atoms with Gasteiger partial charge in [0.2, 0.25) is 5.91 Å². The molecule has 1 saturated carbocycles. The van der Waals surface area contributed by atoms with Crippen LogP contribution in [0.2, 0.25) is 0 Å². The van der Waals surface area contributed by atoms with E-state index in [2.05, 4.69) is 12.2 Å². The summed E-state index contributed by atoms with van der Waals surface area (Å²) in [5.74, 6) is 0.177. The van der Waals surface area contributed by atoms with E-state index in [1.807, 2.05) is 13.8 Å². The van der Waals surface area contributed by atoms with E-state index in [-0.39, 0.29) is 6.54 Å². The van der Waals surface area contributed by atoms with Crippen molar-refractivity contribution in [1.82, 2.24) is 5.32 Å². The standard InChI is InChI=1S/C8H16N2O4.C5H10.C2H6/c1-8(2,3)14-7(13)10-4-5(11)6(9)12;1-5-3-2-4-5;1-2/h5,11H,4H2,1-3H3,(H2,9,12)(H,10,13);5H,2-4H2,1H3;1-2H3. The number of carbonyl (C=O) groups excluding carboxylic acids is 2. The van der Waals surface area contributed by atoms with E-state index in [4.69, 9.17) is 15.6 Å². The second-order valence-corrected chi connectivity index (χ2v) is 5.84. The van der Waals surface area contributed by atoms with E-state index in [9.17, 15) is 9.59 Å². The van der Waals surface area contributed by atoms with E-state index in [1.54, 1.807) is 20.8 Å². The zero-order valence-electron chi connectivity index (χ0n) is 14.2. The Morgan fingerprint density at radius 1 is 1.33 bits per heavy atom. The number of hydrogen-bond donors (Lipinski definition) is 3. The van der Waals surface area contributed by atoms with Crippen LogP contribution in [0.3, 0.4) is 0 Å². The number of nitrogens with one attached hydrogen (secondary N) is 1. The van der Waals surface area contributed by atoms with Gasteiger partial charge in [-0.25, -0.2) is 4.79 Å². The largest absolute Gasteiger partial charge is 0.444 e. The van der Waals surface area contributed by atoms with Gasteiger partial charge in [-0.05, 0) is 26.7 Å². The number of rotatable bonds is 3. The van der Waals surface area contributed by atoms with Crippen molar-refractivity contribution < 1.29 is 19.4 Å². The topological polar surface area (TPSA) is 102 Å². The van der Waals surface area contributed by atoms with Gasteiger partial charge in [0.15, 0.2) is 0 Å². The van der Waals surface area contributed by atoms with Crippen LogP contribution >= 0.6 is 0 Å². The van der Waals surface area contributed by atoms with Crippen LogP contribution in [-0.2, 0) is 9.53 Å². The molecule has 1 fully saturated rings. The number of hydrogen-bond acceptors (Lipinski definition) is 4. The number of aliphatic hydroxyl groups excluding tert-OH is 1. The quantitative estimate of drug-likeness (QED) is 0.743. The van der Waals surface area contributed by atoms with Gasteiger partial charge in [-0.3, -0.25) is 4.79 Å². The van der Waals surface area contributed by atoms with Crippen molar-refractivity contribution in [3.63, 3.8) is 0 Å². The molecule has 0 aromatic carbocycles. The van der Waals surface area contributed by atoms with Gasteiger partial charge >= 0.3 is 6.09 Å². The summed E-state index contributed by atoms with van der Waals surface area (Å²) >= 11 is 0. The number of aliphatic hydroxyl groups is 1. The fourth-order valence-electron chi connectivity index (χ4n) is 1.21. The van der Waals surface area contributed by atoms with Crippen LogP contribution < -0.4 is 11.1 Å². The molecule has 1 unspecified atom stereocenters. The first-order valence-corrected chi connectivity index (χ1v) is 7.56. The molecule has 0 bridgehead atoms. The molecule has 21 heavy (non-hydrogen) atoms. The predicted molar refractivity (Wildman–Crippen MR) is 83.8 cm³/mol. The van der Waals surface area contributed by atoms with Crippen LogP contribution in [-0.4, -0.2) is 35.4 Å². The molecule has 126 valence electrons. The van der Waals surface area contributed by atoms with Gasteiger partial charge in [0, 0.05) is 0 Å². The maximum atomic E-state index is 11.0. The summed E-state index contributed by atoms with van der Waals surface area (Å²) in [7, 11) is 0. The Balaban J connectivity index is 0. The summed E-state index contributed by atoms with van der Waals surface area (Å²) < 4.78 is 4.85. The van der Waals surface area contributed by atoms with Crippen molar-refractivity contribution in [1.29, 1.82) is 0 Å². The molecule has 0 aliphatic heterocycles. The molecule has 1 aliphatic carbocycles. The van der Waals surface area contributed by atoms with Crippen LogP contribution in [0.4, 0.5) is 4.79 Å². The number of ether oxygens (including phenoxy) is 1. The first-order chi connectivity index (χ1) is 9.61. The summed E-state index contributed by atoms with van der Waals surface area (Å²) in [4.78, 5) is 21.4. The maximum absolute atomic E-state index is 11.0. The third kappa shape index (κ3) is 14.9. The molecular weight excluding hydrogens is 272 g/mol. The predicted octanol–water partition coefficient (Wildman–Crippen LogP) is 2.19. The molecule has 1 rings (SSSR count). The third-order valence-electron chi connectivity index (χ3n) is 2.56. The smallest absolute Gasteiger partial charge is 0.407 e. The van der Waals surface area contributed by atoms with Crippen LogP contribution in [0.25, 0.3) is 0 Å². The van der Waals surface area contributed by atoms with Crippen LogP contribution in [0, 0.1) is 5.92 Å². The second-order valence-electron chi connectivity index (χ2n) is 5.84. The molecule has 1 atom stereocenters. The van der Waals surface area contributed by atoms with Crippen LogP contribution in [0.1, 0.15) is 60.8 Å². The average molecular weight is 304 g/mol. The molecular formula is C15H32N2O4. The van der Waals surface area contributed by atoms with E-state index in [0.717, 1.165) is 5.92 Å². The number of nitrogens with two attached hydrogens (primary N) is 1. The third-order valence-corrected chi connectivity index (χ3v) is 2.56. The molecule has 2 amide bonds. The van der Waals surface area contributed by atoms with Gasteiger partial charge in [-0.2, -0.15) is 0 Å². The number of carbonyl (C=O) groups is 2. The number of amides is 2. The summed E-state index contributed by atoms with van der Waals surface area (Å²) in [5.41, 5.74) is 4.16. The minimum atomic E-state index is -1.39. The molecule has 4 N–H and O–H groups in total. The maximum Gasteiger partial charge on any atom is 0.407 e. The van der Waals surface area contributed by atoms with Crippen molar-refractivity contribution in [2.24, 2.45) is 11.7 Å². The van der Waals surface area contributed by atoms with Crippen molar-refractivity contribution in [2.75, 3.05) is 6.54 Å². The Bertz CT molecular complexity index is 297. The lowest BCUT2D eigenvalue weighted by atomic mass is 9.88. The van der Waals surface area contributed by atoms with Gasteiger partial charge in [0.25, 0.3) is 0 Å². The van der Waals surface area contributed by atoms with Gasteiger partial charge < -0.3 is 20.9 Å². The highest BCUT2D eigenvalue weighted by Crippen LogP contribution is 2.24. The van der Waals surface area contributed by atoms with Crippen molar-refractivity contribution >= 4 is 12.0 Å². The van der Waals surface area contributed by atoms with Gasteiger partial charge in [0.05, 0.1) is 6.54 Å². The monoisotopic (exact) mass is 304 g/mol. The lowest BCUT2D eigenvalue weighted by Crippen LogP contribution is -2.41. The molecule has 1 aliphatic rings. The van der Waals surface area contributed by atoms with Crippen molar-refractivity contribution in [3.05, 3.63) is 0 Å². The summed E-state index contributed by atoms with van der Waals surface area (Å²) in [6.45, 7) is 11.2. The highest BCUT2D eigenvalue weighted by Gasteiger charge is 2.18. The number of alkyl carbamates (subject to hydrolysis) is 1. The molecule has 0 aromatic heterocycles. The molecule has 0 saturated heterocycles. The van der Waals surface area contributed by atoms with Gasteiger partial charge in [-0.15, -0.1) is 0 Å². The fraction of sp³-hybridized carbons (Fsp3) is 0.867. The zero-order valence-corrected chi connectivity index (χ0v) is 14.2. The summed E-state index contributed by atoms with van der Waals surface area (Å²) in [6, 6.07) is 0. The highest BCUT2D eigenvalue weighted by molar-refractivity contribution is 5.79. The molecule has 6 heteroatoms. The fourth-order valence-corrected chi connectivity index (χ4v) is 1.21. The summed E-state index contributed by atoms with van der Waals surface area (Å²) in [5, 5.41) is 11.1. The molecule has 0 radical (unpaired) electrons. The van der Waals surface area contributed by atoms with Gasteiger partial charge in [0.1, 0.15) is 11.7 Å². The first kappa shape index (κ1) is 22.0. The minimum absolute atomic E-state index is 0.246. The lowest BCUT2D eigenvalue weighted by Gasteiger charge is -2.20. The minimum Gasteiger partial charge on any atom is -0.444 e. The van der Waals surface area contributed by atoms with Crippen molar-refractivity contribution in [3.8, 4) is 0 Å². The van der Waals surface area contributed by atoms with E-state index >= 15 is 0 Å². The lowest BCUT2D eigenvalue weighted by molar-refractivity contribution is -0.125. The Hall–Kier alpha value is -1.30. The van der Waals surface area contributed by atoms with Crippen molar-refractivity contribution in [2.45, 2.75) is 72.5 Å². The number of primary amides is 1.